The van der Waals surface area contributed by atoms with Gasteiger partial charge in [0.25, 0.3) is 0 Å². The summed E-state index contributed by atoms with van der Waals surface area (Å²) in [6.45, 7) is 4.16. The lowest BCUT2D eigenvalue weighted by Gasteiger charge is -2.15. The van der Waals surface area contributed by atoms with Gasteiger partial charge >= 0.3 is 0 Å². The first kappa shape index (κ1) is 11.0. The number of thioether (sulfide) groups is 1. The molecule has 0 radical (unpaired) electrons. The fourth-order valence-corrected chi connectivity index (χ4v) is 2.34. The van der Waals surface area contributed by atoms with E-state index in [1.54, 1.807) is 11.0 Å². The molecule has 1 aromatic rings. The van der Waals surface area contributed by atoms with E-state index in [0.717, 1.165) is 10.9 Å². The van der Waals surface area contributed by atoms with Crippen molar-refractivity contribution in [2.75, 3.05) is 17.2 Å². The van der Waals surface area contributed by atoms with E-state index in [0.29, 0.717) is 12.3 Å². The number of amides is 1. The summed E-state index contributed by atoms with van der Waals surface area (Å²) in [7, 11) is 0. The number of para-hydroxylation sites is 1. The Bertz CT molecular complexity index is 428. The summed E-state index contributed by atoms with van der Waals surface area (Å²) < 4.78 is 0. The number of amidine groups is 1. The van der Waals surface area contributed by atoms with Crippen molar-refractivity contribution in [3.05, 3.63) is 43.0 Å². The molecule has 1 aliphatic rings. The summed E-state index contributed by atoms with van der Waals surface area (Å²) in [5, 5.41) is 0.760. The van der Waals surface area contributed by atoms with Crippen molar-refractivity contribution in [2.45, 2.75) is 0 Å². The molecule has 0 unspecified atom stereocenters. The molecule has 0 aromatic heterocycles. The van der Waals surface area contributed by atoms with Crippen molar-refractivity contribution in [1.82, 2.24) is 0 Å². The largest absolute Gasteiger partial charge is 0.273 e. The third-order valence-electron chi connectivity index (χ3n) is 2.14. The molecule has 1 heterocycles. The minimum Gasteiger partial charge on any atom is -0.273 e. The fourth-order valence-electron chi connectivity index (χ4n) is 1.45. The second-order valence-corrected chi connectivity index (χ2v) is 4.21. The molecular formula is C12H12N2OS. The third kappa shape index (κ3) is 2.17. The monoisotopic (exact) mass is 232 g/mol. The van der Waals surface area contributed by atoms with Crippen molar-refractivity contribution in [2.24, 2.45) is 4.99 Å². The van der Waals surface area contributed by atoms with Gasteiger partial charge in [-0.25, -0.2) is 0 Å². The Kier molecular flexibility index (Phi) is 3.41. The lowest BCUT2D eigenvalue weighted by Crippen LogP contribution is -2.29. The van der Waals surface area contributed by atoms with E-state index >= 15 is 0 Å². The Balaban J connectivity index is 2.29. The van der Waals surface area contributed by atoms with Gasteiger partial charge in [-0.05, 0) is 12.1 Å². The van der Waals surface area contributed by atoms with Crippen molar-refractivity contribution >= 4 is 28.5 Å². The standard InChI is InChI=1S/C12H12N2OS/c1-2-8-13-12-14(11(15)9-16-12)10-6-4-3-5-7-10/h2-7H,1,8-9H2/b13-12-. The molecule has 16 heavy (non-hydrogen) atoms. The highest BCUT2D eigenvalue weighted by atomic mass is 32.2. The van der Waals surface area contributed by atoms with E-state index in [-0.39, 0.29) is 5.91 Å². The number of carbonyl (C=O) groups is 1. The van der Waals surface area contributed by atoms with E-state index < -0.39 is 0 Å². The molecule has 0 spiro atoms. The number of anilines is 1. The molecule has 0 saturated carbocycles. The summed E-state index contributed by atoms with van der Waals surface area (Å²) >= 11 is 1.47. The number of hydrogen-bond acceptors (Lipinski definition) is 3. The molecule has 82 valence electrons. The summed E-state index contributed by atoms with van der Waals surface area (Å²) in [5.41, 5.74) is 0.875. The van der Waals surface area contributed by atoms with Crippen LogP contribution >= 0.6 is 11.8 Å². The van der Waals surface area contributed by atoms with Gasteiger partial charge < -0.3 is 0 Å². The maximum atomic E-state index is 11.7. The number of carbonyl (C=O) groups excluding carboxylic acids is 1. The van der Waals surface area contributed by atoms with Gasteiger partial charge in [0, 0.05) is 0 Å². The Hall–Kier alpha value is -1.55. The first-order valence-corrected chi connectivity index (χ1v) is 5.97. The zero-order valence-corrected chi connectivity index (χ0v) is 9.61. The van der Waals surface area contributed by atoms with Crippen LogP contribution in [-0.2, 0) is 4.79 Å². The SMILES string of the molecule is C=CC/N=C1\SCC(=O)N1c1ccccc1. The average Bonchev–Trinajstić information content (AvgIpc) is 2.69. The van der Waals surface area contributed by atoms with E-state index in [9.17, 15) is 4.79 Å². The zero-order chi connectivity index (χ0) is 11.4. The number of aliphatic imine (C=N–C) groups is 1. The normalized spacial score (nSPS) is 18.1. The van der Waals surface area contributed by atoms with Gasteiger partial charge in [-0.2, -0.15) is 0 Å². The summed E-state index contributed by atoms with van der Waals surface area (Å²) in [6, 6.07) is 9.58. The first-order chi connectivity index (χ1) is 7.83. The molecule has 0 bridgehead atoms. The predicted octanol–water partition coefficient (Wildman–Crippen LogP) is 2.31. The van der Waals surface area contributed by atoms with Gasteiger partial charge in [-0.3, -0.25) is 14.7 Å². The Morgan fingerprint density at radius 2 is 2.19 bits per heavy atom. The second kappa shape index (κ2) is 4.99. The summed E-state index contributed by atoms with van der Waals surface area (Å²) in [5.74, 6) is 0.546. The first-order valence-electron chi connectivity index (χ1n) is 4.99. The molecule has 1 amide bonds. The fraction of sp³-hybridized carbons (Fsp3) is 0.167. The van der Waals surface area contributed by atoms with Crippen LogP contribution in [0.5, 0.6) is 0 Å². The Morgan fingerprint density at radius 3 is 2.88 bits per heavy atom. The van der Waals surface area contributed by atoms with E-state index in [4.69, 9.17) is 0 Å². The van der Waals surface area contributed by atoms with Crippen LogP contribution in [-0.4, -0.2) is 23.4 Å². The number of hydrogen-bond donors (Lipinski definition) is 0. The van der Waals surface area contributed by atoms with Crippen LogP contribution in [0.15, 0.2) is 48.0 Å². The molecule has 2 rings (SSSR count). The van der Waals surface area contributed by atoms with Gasteiger partial charge in [-0.15, -0.1) is 6.58 Å². The summed E-state index contributed by atoms with van der Waals surface area (Å²) in [6.07, 6.45) is 1.72. The van der Waals surface area contributed by atoms with Gasteiger partial charge in [-0.1, -0.05) is 36.0 Å². The van der Waals surface area contributed by atoms with Gasteiger partial charge in [0.2, 0.25) is 5.91 Å². The van der Waals surface area contributed by atoms with Crippen LogP contribution in [0.3, 0.4) is 0 Å². The van der Waals surface area contributed by atoms with Crippen molar-refractivity contribution in [3.63, 3.8) is 0 Å². The van der Waals surface area contributed by atoms with E-state index in [2.05, 4.69) is 11.6 Å². The van der Waals surface area contributed by atoms with Crippen LogP contribution < -0.4 is 4.90 Å². The second-order valence-electron chi connectivity index (χ2n) is 3.27. The molecule has 0 aliphatic carbocycles. The van der Waals surface area contributed by atoms with Crippen LogP contribution in [0.1, 0.15) is 0 Å². The smallest absolute Gasteiger partial charge is 0.243 e. The quantitative estimate of drug-likeness (QED) is 0.749. The predicted molar refractivity (Wildman–Crippen MR) is 68.9 cm³/mol. The topological polar surface area (TPSA) is 32.7 Å². The van der Waals surface area contributed by atoms with Crippen molar-refractivity contribution in [3.8, 4) is 0 Å². The average molecular weight is 232 g/mol. The number of nitrogens with zero attached hydrogens (tertiary/aromatic N) is 2. The Labute approximate surface area is 98.9 Å². The van der Waals surface area contributed by atoms with Gasteiger partial charge in [0.05, 0.1) is 18.0 Å². The molecule has 4 heteroatoms. The zero-order valence-electron chi connectivity index (χ0n) is 8.80. The molecule has 1 saturated heterocycles. The molecule has 1 aromatic carbocycles. The third-order valence-corrected chi connectivity index (χ3v) is 3.10. The lowest BCUT2D eigenvalue weighted by molar-refractivity contribution is -0.115. The van der Waals surface area contributed by atoms with E-state index in [1.165, 1.54) is 11.8 Å². The maximum Gasteiger partial charge on any atom is 0.243 e. The highest BCUT2D eigenvalue weighted by molar-refractivity contribution is 8.15. The van der Waals surface area contributed by atoms with Crippen molar-refractivity contribution in [1.29, 1.82) is 0 Å². The summed E-state index contributed by atoms with van der Waals surface area (Å²) in [4.78, 5) is 17.7. The molecular weight excluding hydrogens is 220 g/mol. The van der Waals surface area contributed by atoms with Crippen LogP contribution in [0, 0.1) is 0 Å². The molecule has 0 N–H and O–H groups in total. The Morgan fingerprint density at radius 1 is 1.44 bits per heavy atom. The highest BCUT2D eigenvalue weighted by Gasteiger charge is 2.28. The highest BCUT2D eigenvalue weighted by Crippen LogP contribution is 2.26. The molecule has 1 aliphatic heterocycles. The minimum absolute atomic E-state index is 0.0824. The number of rotatable bonds is 3. The molecule has 1 fully saturated rings. The van der Waals surface area contributed by atoms with Gasteiger partial charge in [0.15, 0.2) is 5.17 Å². The van der Waals surface area contributed by atoms with Gasteiger partial charge in [0.1, 0.15) is 0 Å². The minimum atomic E-state index is 0.0824. The molecule has 0 atom stereocenters. The molecule has 3 nitrogen and oxygen atoms in total. The van der Waals surface area contributed by atoms with Crippen LogP contribution in [0.2, 0.25) is 0 Å². The van der Waals surface area contributed by atoms with Crippen molar-refractivity contribution < 1.29 is 4.79 Å². The van der Waals surface area contributed by atoms with Crippen LogP contribution in [0.25, 0.3) is 0 Å². The van der Waals surface area contributed by atoms with Crippen LogP contribution in [0.4, 0.5) is 5.69 Å². The number of benzene rings is 1. The van der Waals surface area contributed by atoms with E-state index in [1.807, 2.05) is 30.3 Å². The lowest BCUT2D eigenvalue weighted by atomic mass is 10.3. The maximum absolute atomic E-state index is 11.7.